The Hall–Kier alpha value is -1.33. The summed E-state index contributed by atoms with van der Waals surface area (Å²) < 4.78 is 77.3. The average molecular weight is 322 g/mol. The van der Waals surface area contributed by atoms with Gasteiger partial charge in [-0.25, -0.2) is 5.84 Å². The number of amides is 1. The number of nitrogens with one attached hydrogen (secondary N) is 1. The zero-order chi connectivity index (χ0) is 15.6. The van der Waals surface area contributed by atoms with E-state index in [0.29, 0.717) is 0 Å². The van der Waals surface area contributed by atoms with Crippen LogP contribution >= 0.6 is 11.3 Å². The molecule has 0 radical (unpaired) electrons. The van der Waals surface area contributed by atoms with Crippen molar-refractivity contribution >= 4 is 17.2 Å². The van der Waals surface area contributed by atoms with E-state index < -0.39 is 31.0 Å². The Balaban J connectivity index is 2.84. The van der Waals surface area contributed by atoms with Gasteiger partial charge in [-0.15, -0.1) is 11.3 Å². The van der Waals surface area contributed by atoms with Crippen LogP contribution in [-0.4, -0.2) is 24.4 Å². The predicted molar refractivity (Wildman–Crippen MR) is 56.7 cm³/mol. The Kier molecular flexibility index (Phi) is 5.00. The zero-order valence-corrected chi connectivity index (χ0v) is 10.3. The van der Waals surface area contributed by atoms with E-state index in [4.69, 9.17) is 5.84 Å². The van der Waals surface area contributed by atoms with Crippen molar-refractivity contribution in [3.8, 4) is 0 Å². The Bertz CT molecular complexity index is 456. The predicted octanol–water partition coefficient (Wildman–Crippen LogP) is 2.36. The summed E-state index contributed by atoms with van der Waals surface area (Å²) in [7, 11) is 0. The molecule has 0 unspecified atom stereocenters. The molecule has 0 saturated carbocycles. The van der Waals surface area contributed by atoms with Crippen LogP contribution in [0.5, 0.6) is 0 Å². The van der Waals surface area contributed by atoms with Crippen molar-refractivity contribution in [3.63, 3.8) is 0 Å². The summed E-state index contributed by atoms with van der Waals surface area (Å²) in [4.78, 5) is 11.1. The molecular weight excluding hydrogens is 314 g/mol. The van der Waals surface area contributed by atoms with Gasteiger partial charge in [0.1, 0.15) is 0 Å². The van der Waals surface area contributed by atoms with Gasteiger partial charge in [-0.2, -0.15) is 26.3 Å². The summed E-state index contributed by atoms with van der Waals surface area (Å²) in [6.45, 7) is -1.02. The van der Waals surface area contributed by atoms with Crippen molar-refractivity contribution in [1.82, 2.24) is 5.43 Å². The van der Waals surface area contributed by atoms with Crippen LogP contribution in [0.1, 0.15) is 15.2 Å². The first-order chi connectivity index (χ1) is 9.07. The standard InChI is InChI=1S/C9H8F6N2O2S/c10-8(11,12)7(9(13,14)15)19-3-4-1-2-20-5(4)6(18)17-16/h1-2,7H,3,16H2,(H,17,18). The fraction of sp³-hybridized carbons (Fsp3) is 0.444. The molecule has 4 nitrogen and oxygen atoms in total. The maximum Gasteiger partial charge on any atom is 0.423 e. The highest BCUT2D eigenvalue weighted by molar-refractivity contribution is 7.12. The molecule has 20 heavy (non-hydrogen) atoms. The molecule has 1 aromatic rings. The number of alkyl halides is 6. The van der Waals surface area contributed by atoms with Crippen molar-refractivity contribution in [2.45, 2.75) is 25.1 Å². The number of carbonyl (C=O) groups is 1. The van der Waals surface area contributed by atoms with E-state index in [9.17, 15) is 31.1 Å². The van der Waals surface area contributed by atoms with Gasteiger partial charge >= 0.3 is 12.4 Å². The quantitative estimate of drug-likeness (QED) is 0.387. The molecule has 0 aliphatic heterocycles. The number of hydrogen-bond acceptors (Lipinski definition) is 4. The summed E-state index contributed by atoms with van der Waals surface area (Å²) in [5.74, 6) is 4.01. The lowest BCUT2D eigenvalue weighted by molar-refractivity contribution is -0.324. The molecule has 0 fully saturated rings. The molecule has 0 saturated heterocycles. The minimum absolute atomic E-state index is 0.114. The maximum absolute atomic E-state index is 12.2. The Labute approximate surface area is 112 Å². The number of rotatable bonds is 4. The van der Waals surface area contributed by atoms with Gasteiger partial charge in [-0.3, -0.25) is 10.2 Å². The van der Waals surface area contributed by atoms with Crippen molar-refractivity contribution in [2.75, 3.05) is 0 Å². The topological polar surface area (TPSA) is 64.3 Å². The highest BCUT2D eigenvalue weighted by Gasteiger charge is 2.58. The normalized spacial score (nSPS) is 12.8. The molecule has 0 spiro atoms. The molecule has 11 heteroatoms. The van der Waals surface area contributed by atoms with E-state index in [2.05, 4.69) is 4.74 Å². The van der Waals surface area contributed by atoms with Crippen molar-refractivity contribution in [3.05, 3.63) is 21.9 Å². The van der Waals surface area contributed by atoms with Crippen LogP contribution in [0, 0.1) is 0 Å². The molecule has 0 atom stereocenters. The summed E-state index contributed by atoms with van der Waals surface area (Å²) in [6, 6.07) is 1.18. The third kappa shape index (κ3) is 4.08. The van der Waals surface area contributed by atoms with Gasteiger partial charge in [0.25, 0.3) is 5.91 Å². The van der Waals surface area contributed by atoms with Gasteiger partial charge in [0.15, 0.2) is 0 Å². The second-order valence-corrected chi connectivity index (χ2v) is 4.44. The van der Waals surface area contributed by atoms with E-state index in [0.717, 1.165) is 11.3 Å². The van der Waals surface area contributed by atoms with Crippen LogP contribution in [0.15, 0.2) is 11.4 Å². The lowest BCUT2D eigenvalue weighted by atomic mass is 10.2. The Morgan fingerprint density at radius 2 is 1.85 bits per heavy atom. The first kappa shape index (κ1) is 16.7. The molecule has 0 aliphatic carbocycles. The smallest absolute Gasteiger partial charge is 0.356 e. The number of hydrazine groups is 1. The van der Waals surface area contributed by atoms with Crippen LogP contribution in [-0.2, 0) is 11.3 Å². The summed E-state index contributed by atoms with van der Waals surface area (Å²) in [6.07, 6.45) is -15.1. The van der Waals surface area contributed by atoms with Gasteiger partial charge in [0.2, 0.25) is 6.10 Å². The van der Waals surface area contributed by atoms with Crippen molar-refractivity contribution in [2.24, 2.45) is 5.84 Å². The molecular formula is C9H8F6N2O2S. The van der Waals surface area contributed by atoms with E-state index in [1.807, 2.05) is 0 Å². The van der Waals surface area contributed by atoms with Crippen LogP contribution in [0.2, 0.25) is 0 Å². The molecule has 114 valence electrons. The van der Waals surface area contributed by atoms with Gasteiger partial charge in [-0.05, 0) is 11.4 Å². The summed E-state index contributed by atoms with van der Waals surface area (Å²) >= 11 is 0.814. The van der Waals surface area contributed by atoms with Crippen LogP contribution < -0.4 is 11.3 Å². The van der Waals surface area contributed by atoms with E-state index >= 15 is 0 Å². The van der Waals surface area contributed by atoms with Crippen molar-refractivity contribution in [1.29, 1.82) is 0 Å². The van der Waals surface area contributed by atoms with Crippen LogP contribution in [0.25, 0.3) is 0 Å². The zero-order valence-electron chi connectivity index (χ0n) is 9.51. The highest BCUT2D eigenvalue weighted by Crippen LogP contribution is 2.36. The minimum Gasteiger partial charge on any atom is -0.356 e. The number of ether oxygens (including phenoxy) is 1. The molecule has 1 amide bonds. The maximum atomic E-state index is 12.2. The third-order valence-corrected chi connectivity index (χ3v) is 3.04. The van der Waals surface area contributed by atoms with Crippen LogP contribution in [0.4, 0.5) is 26.3 Å². The first-order valence-electron chi connectivity index (χ1n) is 4.89. The van der Waals surface area contributed by atoms with Gasteiger partial charge in [0, 0.05) is 5.56 Å². The molecule has 1 heterocycles. The first-order valence-corrected chi connectivity index (χ1v) is 5.77. The second-order valence-electron chi connectivity index (χ2n) is 3.52. The molecule has 1 rings (SSSR count). The van der Waals surface area contributed by atoms with Gasteiger partial charge in [-0.1, -0.05) is 0 Å². The van der Waals surface area contributed by atoms with Crippen molar-refractivity contribution < 1.29 is 35.9 Å². The molecule has 0 aromatic carbocycles. The van der Waals surface area contributed by atoms with E-state index in [1.54, 1.807) is 5.43 Å². The summed E-state index contributed by atoms with van der Waals surface area (Å²) in [5, 5.41) is 1.32. The SMILES string of the molecule is NNC(=O)c1sccc1COC(C(F)(F)F)C(F)(F)F. The van der Waals surface area contributed by atoms with Crippen LogP contribution in [0.3, 0.4) is 0 Å². The number of thiophene rings is 1. The highest BCUT2D eigenvalue weighted by atomic mass is 32.1. The lowest BCUT2D eigenvalue weighted by Gasteiger charge is -2.23. The number of nitrogens with two attached hydrogens (primary N) is 1. The number of hydrogen-bond donors (Lipinski definition) is 2. The average Bonchev–Trinajstić information content (AvgIpc) is 2.72. The second kappa shape index (κ2) is 5.97. The number of halogens is 6. The number of nitrogen functional groups attached to an aromatic ring is 1. The third-order valence-electron chi connectivity index (χ3n) is 2.08. The molecule has 0 bridgehead atoms. The lowest BCUT2D eigenvalue weighted by Crippen LogP contribution is -2.44. The fourth-order valence-corrected chi connectivity index (χ4v) is 2.07. The molecule has 0 aliphatic rings. The Morgan fingerprint density at radius 1 is 1.30 bits per heavy atom. The van der Waals surface area contributed by atoms with E-state index in [-0.39, 0.29) is 10.4 Å². The van der Waals surface area contributed by atoms with Gasteiger partial charge < -0.3 is 4.74 Å². The van der Waals surface area contributed by atoms with Gasteiger partial charge in [0.05, 0.1) is 11.5 Å². The van der Waals surface area contributed by atoms with E-state index in [1.165, 1.54) is 11.4 Å². The number of carbonyl (C=O) groups excluding carboxylic acids is 1. The monoisotopic (exact) mass is 322 g/mol. The summed E-state index contributed by atoms with van der Waals surface area (Å²) in [5.41, 5.74) is 1.61. The molecule has 3 N–H and O–H groups in total. The fourth-order valence-electron chi connectivity index (χ4n) is 1.26. The largest absolute Gasteiger partial charge is 0.423 e. The minimum atomic E-state index is -5.59. The molecule has 1 aromatic heterocycles. The Morgan fingerprint density at radius 3 is 2.30 bits per heavy atom.